The summed E-state index contributed by atoms with van der Waals surface area (Å²) in [6, 6.07) is 12.0. The maximum Gasteiger partial charge on any atom is 0.422 e. The lowest BCUT2D eigenvalue weighted by Gasteiger charge is -2.38. The lowest BCUT2D eigenvalue weighted by molar-refractivity contribution is -0.153. The van der Waals surface area contributed by atoms with Crippen LogP contribution >= 0.6 is 0 Å². The molecule has 1 aliphatic rings. The summed E-state index contributed by atoms with van der Waals surface area (Å²) in [5, 5.41) is 11.8. The summed E-state index contributed by atoms with van der Waals surface area (Å²) in [5.74, 6) is -0.365. The molecule has 1 heterocycles. The number of carbonyl (C=O) groups excluding carboxylic acids is 2. The third-order valence-electron chi connectivity index (χ3n) is 5.71. The molecule has 2 atom stereocenters. The van der Waals surface area contributed by atoms with Crippen LogP contribution in [0, 0.1) is 11.3 Å². The zero-order valence-corrected chi connectivity index (χ0v) is 19.4. The molecule has 1 aliphatic heterocycles. The van der Waals surface area contributed by atoms with E-state index >= 15 is 0 Å². The standard InChI is InChI=1S/C25H26F3N3O4/c1-16-4-3-5-17(2)31(16)23(32)14-34-21-9-6-18(7-10-21)24(33)30-20-8-11-22(19(12-20)13-29)35-15-25(26,27)28/h6-12,16-17H,3-5,14-15H2,1-2H3,(H,30,33). The lowest BCUT2D eigenvalue weighted by Crippen LogP contribution is -2.49. The topological polar surface area (TPSA) is 91.7 Å². The quantitative estimate of drug-likeness (QED) is 0.596. The fourth-order valence-corrected chi connectivity index (χ4v) is 4.02. The van der Waals surface area contributed by atoms with Gasteiger partial charge in [-0.15, -0.1) is 0 Å². The van der Waals surface area contributed by atoms with Crippen molar-refractivity contribution < 1.29 is 32.2 Å². The van der Waals surface area contributed by atoms with E-state index in [1.165, 1.54) is 30.3 Å². The Morgan fingerprint density at radius 3 is 2.34 bits per heavy atom. The van der Waals surface area contributed by atoms with Gasteiger partial charge in [-0.25, -0.2) is 0 Å². The molecule has 2 aromatic carbocycles. The number of benzene rings is 2. The van der Waals surface area contributed by atoms with Crippen molar-refractivity contribution in [3.63, 3.8) is 0 Å². The second-order valence-corrected chi connectivity index (χ2v) is 8.42. The summed E-state index contributed by atoms with van der Waals surface area (Å²) < 4.78 is 47.3. The largest absolute Gasteiger partial charge is 0.484 e. The highest BCUT2D eigenvalue weighted by molar-refractivity contribution is 6.04. The number of halogens is 3. The fourth-order valence-electron chi connectivity index (χ4n) is 4.02. The van der Waals surface area contributed by atoms with Gasteiger partial charge in [0.15, 0.2) is 13.2 Å². The number of hydrogen-bond acceptors (Lipinski definition) is 5. The third-order valence-corrected chi connectivity index (χ3v) is 5.71. The van der Waals surface area contributed by atoms with Gasteiger partial charge in [-0.3, -0.25) is 9.59 Å². The number of nitrogens with one attached hydrogen (secondary N) is 1. The van der Waals surface area contributed by atoms with Gasteiger partial charge in [-0.05, 0) is 75.6 Å². The summed E-state index contributed by atoms with van der Waals surface area (Å²) in [6.07, 6.45) is -1.49. The number of alkyl halides is 3. The molecule has 3 rings (SSSR count). The van der Waals surface area contributed by atoms with Crippen LogP contribution in [0.25, 0.3) is 0 Å². The molecule has 0 saturated carbocycles. The third kappa shape index (κ3) is 7.12. The first-order valence-electron chi connectivity index (χ1n) is 11.2. The molecule has 1 saturated heterocycles. The highest BCUT2D eigenvalue weighted by atomic mass is 19.4. The summed E-state index contributed by atoms with van der Waals surface area (Å²) >= 11 is 0. The maximum atomic E-state index is 12.6. The Morgan fingerprint density at radius 1 is 1.09 bits per heavy atom. The van der Waals surface area contributed by atoms with Crippen LogP contribution in [0.15, 0.2) is 42.5 Å². The number of likely N-dealkylation sites (tertiary alicyclic amines) is 1. The van der Waals surface area contributed by atoms with Crippen LogP contribution in [0.3, 0.4) is 0 Å². The smallest absolute Gasteiger partial charge is 0.422 e. The predicted molar refractivity (Wildman–Crippen MR) is 122 cm³/mol. The van der Waals surface area contributed by atoms with Crippen molar-refractivity contribution in [3.05, 3.63) is 53.6 Å². The van der Waals surface area contributed by atoms with Crippen molar-refractivity contribution in [1.82, 2.24) is 4.90 Å². The molecule has 7 nitrogen and oxygen atoms in total. The Kier molecular flexibility index (Phi) is 8.22. The van der Waals surface area contributed by atoms with Crippen molar-refractivity contribution in [1.29, 1.82) is 5.26 Å². The van der Waals surface area contributed by atoms with Gasteiger partial charge >= 0.3 is 6.18 Å². The SMILES string of the molecule is CC1CCCC(C)N1C(=O)COc1ccc(C(=O)Nc2ccc(OCC(F)(F)F)c(C#N)c2)cc1. The van der Waals surface area contributed by atoms with Gasteiger partial charge in [0.1, 0.15) is 17.6 Å². The van der Waals surface area contributed by atoms with Crippen LogP contribution in [0.5, 0.6) is 11.5 Å². The zero-order chi connectivity index (χ0) is 25.6. The van der Waals surface area contributed by atoms with Crippen LogP contribution in [0.2, 0.25) is 0 Å². The molecule has 0 radical (unpaired) electrons. The molecule has 1 N–H and O–H groups in total. The number of nitriles is 1. The van der Waals surface area contributed by atoms with E-state index in [4.69, 9.17) is 4.74 Å². The van der Waals surface area contributed by atoms with Crippen LogP contribution in [0.1, 0.15) is 49.0 Å². The normalized spacial score (nSPS) is 17.9. The zero-order valence-electron chi connectivity index (χ0n) is 19.4. The molecule has 0 aromatic heterocycles. The first-order valence-corrected chi connectivity index (χ1v) is 11.2. The van der Waals surface area contributed by atoms with E-state index in [0.717, 1.165) is 19.3 Å². The van der Waals surface area contributed by atoms with E-state index < -0.39 is 18.7 Å². The molecule has 0 bridgehead atoms. The molecule has 0 aliphatic carbocycles. The summed E-state index contributed by atoms with van der Waals surface area (Å²) in [5.41, 5.74) is 0.372. The highest BCUT2D eigenvalue weighted by Crippen LogP contribution is 2.26. The highest BCUT2D eigenvalue weighted by Gasteiger charge is 2.30. The number of carbonyl (C=O) groups is 2. The molecule has 2 amide bonds. The molecular weight excluding hydrogens is 463 g/mol. The minimum absolute atomic E-state index is 0.0810. The van der Waals surface area contributed by atoms with E-state index in [2.05, 4.69) is 10.1 Å². The van der Waals surface area contributed by atoms with Crippen molar-refractivity contribution in [3.8, 4) is 17.6 Å². The van der Waals surface area contributed by atoms with Crippen molar-refractivity contribution in [2.24, 2.45) is 0 Å². The molecule has 2 unspecified atom stereocenters. The van der Waals surface area contributed by atoms with Gasteiger partial charge in [-0.2, -0.15) is 18.4 Å². The second-order valence-electron chi connectivity index (χ2n) is 8.42. The first-order chi connectivity index (χ1) is 16.6. The molecule has 186 valence electrons. The van der Waals surface area contributed by atoms with E-state index in [1.807, 2.05) is 18.7 Å². The number of ether oxygens (including phenoxy) is 2. The fraction of sp³-hybridized carbons (Fsp3) is 0.400. The van der Waals surface area contributed by atoms with Gasteiger partial charge < -0.3 is 19.7 Å². The average Bonchev–Trinajstić information content (AvgIpc) is 2.81. The first kappa shape index (κ1) is 25.9. The van der Waals surface area contributed by atoms with Crippen LogP contribution in [0.4, 0.5) is 18.9 Å². The monoisotopic (exact) mass is 489 g/mol. The van der Waals surface area contributed by atoms with Gasteiger partial charge in [0.05, 0.1) is 5.56 Å². The lowest BCUT2D eigenvalue weighted by atomic mass is 9.97. The predicted octanol–water partition coefficient (Wildman–Crippen LogP) is 4.92. The van der Waals surface area contributed by atoms with E-state index in [9.17, 15) is 28.0 Å². The molecule has 2 aromatic rings. The van der Waals surface area contributed by atoms with Crippen LogP contribution in [-0.4, -0.2) is 48.2 Å². The number of nitrogens with zero attached hydrogens (tertiary/aromatic N) is 2. The van der Waals surface area contributed by atoms with Crippen molar-refractivity contribution >= 4 is 17.5 Å². The number of piperidine rings is 1. The number of anilines is 1. The molecule has 10 heteroatoms. The number of amides is 2. The summed E-state index contributed by atoms with van der Waals surface area (Å²) in [7, 11) is 0. The van der Waals surface area contributed by atoms with Gasteiger partial charge in [0, 0.05) is 23.3 Å². The molecular formula is C25H26F3N3O4. The number of hydrogen-bond donors (Lipinski definition) is 1. The maximum absolute atomic E-state index is 12.6. The van der Waals surface area contributed by atoms with Gasteiger partial charge in [0.2, 0.25) is 0 Å². The van der Waals surface area contributed by atoms with Crippen LogP contribution in [-0.2, 0) is 4.79 Å². The molecule has 0 spiro atoms. The minimum Gasteiger partial charge on any atom is -0.484 e. The summed E-state index contributed by atoms with van der Waals surface area (Å²) in [6.45, 7) is 2.44. The second kappa shape index (κ2) is 11.1. The van der Waals surface area contributed by atoms with Crippen molar-refractivity contribution in [2.45, 2.75) is 51.4 Å². The molecule has 1 fully saturated rings. The van der Waals surface area contributed by atoms with Gasteiger partial charge in [0.25, 0.3) is 11.8 Å². The average molecular weight is 489 g/mol. The number of rotatable bonds is 7. The van der Waals surface area contributed by atoms with E-state index in [0.29, 0.717) is 5.75 Å². The summed E-state index contributed by atoms with van der Waals surface area (Å²) in [4.78, 5) is 27.0. The van der Waals surface area contributed by atoms with Crippen LogP contribution < -0.4 is 14.8 Å². The van der Waals surface area contributed by atoms with Gasteiger partial charge in [-0.1, -0.05) is 0 Å². The Labute approximate surface area is 201 Å². The van der Waals surface area contributed by atoms with E-state index in [1.54, 1.807) is 18.2 Å². The Hall–Kier alpha value is -3.74. The minimum atomic E-state index is -4.53. The Balaban J connectivity index is 1.57. The Morgan fingerprint density at radius 2 is 1.74 bits per heavy atom. The Bertz CT molecular complexity index is 1090. The van der Waals surface area contributed by atoms with Crippen molar-refractivity contribution in [2.75, 3.05) is 18.5 Å². The molecule has 35 heavy (non-hydrogen) atoms. The van der Waals surface area contributed by atoms with E-state index in [-0.39, 0.29) is 47.2 Å².